The van der Waals surface area contributed by atoms with Crippen LogP contribution in [-0.2, 0) is 25.4 Å². The number of rotatable bonds is 6. The molecule has 2 heterocycles. The van der Waals surface area contributed by atoms with Crippen LogP contribution in [0.3, 0.4) is 0 Å². The molecule has 0 bridgehead atoms. The molecule has 0 radical (unpaired) electrons. The molecule has 2 aliphatic rings. The van der Waals surface area contributed by atoms with Gasteiger partial charge in [-0.25, -0.2) is 24.4 Å². The molecule has 0 fully saturated rings. The molecule has 3 rings (SSSR count). The smallest absolute Gasteiger partial charge is 0.230 e. The standard InChI is InChI=1S/C25H36FN5O4/c1-13(2)19-23(33-6)28-18(22(29-19)32-5)12-15-9-10-17(16(26)11-15)27-21-25(35-8)30-20(14(3)4)24(31-21)34-7/h9-11,13-14,18-21,27H,12H2,1-8H3/t18-,19+,20+,21+/m0/s1. The average Bonchev–Trinajstić information content (AvgIpc) is 2.84. The summed E-state index contributed by atoms with van der Waals surface area (Å²) >= 11 is 0. The lowest BCUT2D eigenvalue weighted by atomic mass is 10.00. The van der Waals surface area contributed by atoms with E-state index < -0.39 is 18.0 Å². The molecular formula is C25H36FN5O4. The first-order valence-electron chi connectivity index (χ1n) is 11.7. The summed E-state index contributed by atoms with van der Waals surface area (Å²) in [5.74, 6) is 1.87. The minimum Gasteiger partial charge on any atom is -0.483 e. The van der Waals surface area contributed by atoms with Gasteiger partial charge in [0.15, 0.2) is 6.17 Å². The Hall–Kier alpha value is -3.17. The van der Waals surface area contributed by atoms with Gasteiger partial charge in [-0.1, -0.05) is 33.8 Å². The van der Waals surface area contributed by atoms with Crippen molar-refractivity contribution < 1.29 is 23.3 Å². The fraction of sp³-hybridized carbons (Fsp3) is 0.600. The van der Waals surface area contributed by atoms with Crippen molar-refractivity contribution in [2.75, 3.05) is 33.8 Å². The molecule has 2 aliphatic heterocycles. The summed E-state index contributed by atoms with van der Waals surface area (Å²) in [6, 6.07) is 4.12. The summed E-state index contributed by atoms with van der Waals surface area (Å²) < 4.78 is 37.0. The Kier molecular flexibility index (Phi) is 8.69. The minimum absolute atomic E-state index is 0.174. The summed E-state index contributed by atoms with van der Waals surface area (Å²) in [6.45, 7) is 8.14. The maximum Gasteiger partial charge on any atom is 0.230 e. The first-order chi connectivity index (χ1) is 16.7. The van der Waals surface area contributed by atoms with Crippen molar-refractivity contribution in [3.8, 4) is 0 Å². The second kappa shape index (κ2) is 11.5. The molecule has 0 aliphatic carbocycles. The van der Waals surface area contributed by atoms with E-state index in [1.54, 1.807) is 27.4 Å². The number of methoxy groups -OCH3 is 4. The monoisotopic (exact) mass is 489 g/mol. The molecule has 0 unspecified atom stereocenters. The Morgan fingerprint density at radius 2 is 1.31 bits per heavy atom. The van der Waals surface area contributed by atoms with Crippen LogP contribution in [0.1, 0.15) is 33.3 Å². The van der Waals surface area contributed by atoms with E-state index >= 15 is 4.39 Å². The topological polar surface area (TPSA) is 98.4 Å². The zero-order chi connectivity index (χ0) is 25.7. The maximum atomic E-state index is 15.1. The molecule has 35 heavy (non-hydrogen) atoms. The van der Waals surface area contributed by atoms with Crippen LogP contribution in [-0.4, -0.2) is 76.3 Å². The van der Waals surface area contributed by atoms with Crippen LogP contribution in [0.15, 0.2) is 38.2 Å². The largest absolute Gasteiger partial charge is 0.483 e. The summed E-state index contributed by atoms with van der Waals surface area (Å²) in [4.78, 5) is 18.5. The number of benzene rings is 1. The van der Waals surface area contributed by atoms with Gasteiger partial charge in [0.1, 0.15) is 23.9 Å². The van der Waals surface area contributed by atoms with E-state index in [2.05, 4.69) is 20.3 Å². The summed E-state index contributed by atoms with van der Waals surface area (Å²) in [5.41, 5.74) is 1.02. The van der Waals surface area contributed by atoms with Crippen molar-refractivity contribution in [2.45, 2.75) is 58.4 Å². The first kappa shape index (κ1) is 26.4. The van der Waals surface area contributed by atoms with Crippen LogP contribution in [0, 0.1) is 17.7 Å². The zero-order valence-electron chi connectivity index (χ0n) is 21.7. The van der Waals surface area contributed by atoms with Crippen molar-refractivity contribution in [3.63, 3.8) is 0 Å². The number of nitrogens with one attached hydrogen (secondary N) is 1. The third kappa shape index (κ3) is 5.91. The molecule has 0 aromatic heterocycles. The molecule has 1 aromatic carbocycles. The molecule has 1 N–H and O–H groups in total. The van der Waals surface area contributed by atoms with Gasteiger partial charge in [-0.3, -0.25) is 0 Å². The van der Waals surface area contributed by atoms with E-state index in [1.807, 2.05) is 33.8 Å². The predicted molar refractivity (Wildman–Crippen MR) is 136 cm³/mol. The molecule has 0 spiro atoms. The van der Waals surface area contributed by atoms with Gasteiger partial charge in [0.25, 0.3) is 0 Å². The van der Waals surface area contributed by atoms with Crippen molar-refractivity contribution in [3.05, 3.63) is 29.6 Å². The fourth-order valence-corrected chi connectivity index (χ4v) is 4.05. The number of ether oxygens (including phenoxy) is 4. The maximum absolute atomic E-state index is 15.1. The van der Waals surface area contributed by atoms with Crippen molar-refractivity contribution in [1.29, 1.82) is 0 Å². The number of nitrogens with zero attached hydrogens (tertiary/aromatic N) is 4. The highest BCUT2D eigenvalue weighted by atomic mass is 19.1. The van der Waals surface area contributed by atoms with Gasteiger partial charge in [0.2, 0.25) is 23.6 Å². The van der Waals surface area contributed by atoms with Crippen LogP contribution < -0.4 is 5.32 Å². The molecule has 0 amide bonds. The van der Waals surface area contributed by atoms with E-state index in [9.17, 15) is 0 Å². The van der Waals surface area contributed by atoms with Crippen LogP contribution >= 0.6 is 0 Å². The summed E-state index contributed by atoms with van der Waals surface area (Å²) in [5, 5.41) is 3.06. The number of anilines is 1. The van der Waals surface area contributed by atoms with E-state index in [-0.39, 0.29) is 29.6 Å². The molecule has 0 saturated heterocycles. The molecule has 1 aromatic rings. The van der Waals surface area contributed by atoms with Crippen molar-refractivity contribution >= 4 is 29.3 Å². The van der Waals surface area contributed by atoms with Crippen LogP contribution in [0.25, 0.3) is 0 Å². The summed E-state index contributed by atoms with van der Waals surface area (Å²) in [6.07, 6.45) is -0.282. The van der Waals surface area contributed by atoms with Gasteiger partial charge in [0, 0.05) is 6.42 Å². The number of aliphatic imine (C=N–C) groups is 4. The predicted octanol–water partition coefficient (Wildman–Crippen LogP) is 3.73. The number of hydrogen-bond donors (Lipinski definition) is 1. The Balaban J connectivity index is 1.79. The number of hydrogen-bond acceptors (Lipinski definition) is 9. The second-order valence-electron chi connectivity index (χ2n) is 9.14. The van der Waals surface area contributed by atoms with Crippen LogP contribution in [0.2, 0.25) is 0 Å². The highest BCUT2D eigenvalue weighted by Gasteiger charge is 2.32. The Labute approximate surface area is 206 Å². The van der Waals surface area contributed by atoms with Gasteiger partial charge >= 0.3 is 0 Å². The highest BCUT2D eigenvalue weighted by Crippen LogP contribution is 2.24. The lowest BCUT2D eigenvalue weighted by Gasteiger charge is -2.28. The van der Waals surface area contributed by atoms with Crippen molar-refractivity contribution in [2.24, 2.45) is 31.8 Å². The number of halogens is 1. The average molecular weight is 490 g/mol. The van der Waals surface area contributed by atoms with Gasteiger partial charge in [0.05, 0.1) is 34.1 Å². The molecule has 0 saturated carbocycles. The Bertz CT molecular complexity index is 1020. The molecule has 9 nitrogen and oxygen atoms in total. The zero-order valence-corrected chi connectivity index (χ0v) is 21.7. The van der Waals surface area contributed by atoms with Crippen molar-refractivity contribution in [1.82, 2.24) is 0 Å². The van der Waals surface area contributed by atoms with Gasteiger partial charge in [-0.2, -0.15) is 0 Å². The molecule has 10 heteroatoms. The van der Waals surface area contributed by atoms with Crippen LogP contribution in [0.5, 0.6) is 0 Å². The molecular weight excluding hydrogens is 453 g/mol. The lowest BCUT2D eigenvalue weighted by Crippen LogP contribution is -2.41. The van der Waals surface area contributed by atoms with Gasteiger partial charge in [-0.15, -0.1) is 0 Å². The van der Waals surface area contributed by atoms with E-state index in [0.717, 1.165) is 5.56 Å². The quantitative estimate of drug-likeness (QED) is 0.657. The Morgan fingerprint density at radius 3 is 1.83 bits per heavy atom. The molecule has 192 valence electrons. The van der Waals surface area contributed by atoms with E-state index in [0.29, 0.717) is 30.0 Å². The SMILES string of the molecule is COC1=N[C@H](C(C)C)C(OC)=N[C@H]1Cc1ccc(N[C@@H]2N=C(OC)[C@@H](C(C)C)N=C2OC)c(F)c1. The van der Waals surface area contributed by atoms with E-state index in [4.69, 9.17) is 23.9 Å². The minimum atomic E-state index is -0.697. The Morgan fingerprint density at radius 1 is 0.771 bits per heavy atom. The van der Waals surface area contributed by atoms with Gasteiger partial charge < -0.3 is 24.3 Å². The summed E-state index contributed by atoms with van der Waals surface area (Å²) in [7, 11) is 6.23. The van der Waals surface area contributed by atoms with Gasteiger partial charge in [-0.05, 0) is 29.5 Å². The normalized spacial score (nSPS) is 24.3. The second-order valence-corrected chi connectivity index (χ2v) is 9.14. The third-order valence-corrected chi connectivity index (χ3v) is 5.95. The van der Waals surface area contributed by atoms with E-state index in [1.165, 1.54) is 13.2 Å². The first-order valence-corrected chi connectivity index (χ1v) is 11.7. The third-order valence-electron chi connectivity index (χ3n) is 5.95. The van der Waals surface area contributed by atoms with Crippen LogP contribution in [0.4, 0.5) is 10.1 Å². The highest BCUT2D eigenvalue weighted by molar-refractivity contribution is 5.95. The molecule has 4 atom stereocenters. The lowest BCUT2D eigenvalue weighted by molar-refractivity contribution is 0.332. The fourth-order valence-electron chi connectivity index (χ4n) is 4.05.